The predicted molar refractivity (Wildman–Crippen MR) is 112 cm³/mol. The molecule has 9 heteroatoms. The highest BCUT2D eigenvalue weighted by Crippen LogP contribution is 2.49. The summed E-state index contributed by atoms with van der Waals surface area (Å²) in [6.07, 6.45) is 1.39. The number of hydrogen-bond donors (Lipinski definition) is 2. The Kier molecular flexibility index (Phi) is 4.51. The SMILES string of the molecule is NC(=O)COc1ccc(C2=NOC3(C(=O)Nc4ccccc43)C2C(=O)c2ccco2)cc1. The number of fused-ring (bicyclic) bond motifs is 2. The number of nitrogens with zero attached hydrogens (tertiary/aromatic N) is 1. The topological polar surface area (TPSA) is 133 Å². The summed E-state index contributed by atoms with van der Waals surface area (Å²) in [5.74, 6) is -2.10. The van der Waals surface area contributed by atoms with Gasteiger partial charge in [-0.1, -0.05) is 23.4 Å². The van der Waals surface area contributed by atoms with E-state index in [1.165, 1.54) is 12.3 Å². The summed E-state index contributed by atoms with van der Waals surface area (Å²) in [5.41, 5.74) is 5.36. The van der Waals surface area contributed by atoms with Crippen molar-refractivity contribution in [2.24, 2.45) is 16.8 Å². The molecule has 0 radical (unpaired) electrons. The van der Waals surface area contributed by atoms with Crippen LogP contribution in [0.2, 0.25) is 0 Å². The lowest BCUT2D eigenvalue weighted by Crippen LogP contribution is -2.46. The van der Waals surface area contributed by atoms with Crippen LogP contribution in [0.3, 0.4) is 0 Å². The lowest BCUT2D eigenvalue weighted by Gasteiger charge is -2.26. The number of nitrogens with two attached hydrogens (primary N) is 1. The molecule has 0 bridgehead atoms. The van der Waals surface area contributed by atoms with E-state index in [9.17, 15) is 14.4 Å². The van der Waals surface area contributed by atoms with E-state index in [0.29, 0.717) is 22.6 Å². The number of ketones is 1. The fraction of sp³-hybridized carbons (Fsp3) is 0.130. The number of oxime groups is 1. The number of nitrogens with one attached hydrogen (secondary N) is 1. The van der Waals surface area contributed by atoms with Gasteiger partial charge in [0.15, 0.2) is 12.4 Å². The molecule has 0 saturated carbocycles. The van der Waals surface area contributed by atoms with E-state index in [1.807, 2.05) is 0 Å². The average molecular weight is 431 g/mol. The van der Waals surface area contributed by atoms with Crippen molar-refractivity contribution in [3.8, 4) is 5.75 Å². The van der Waals surface area contributed by atoms with Gasteiger partial charge < -0.3 is 25.0 Å². The Labute approximate surface area is 181 Å². The number of carbonyl (C=O) groups excluding carboxylic acids is 3. The molecule has 2 aromatic carbocycles. The zero-order chi connectivity index (χ0) is 22.3. The maximum Gasteiger partial charge on any atom is 0.277 e. The molecule has 0 aliphatic carbocycles. The maximum absolute atomic E-state index is 13.5. The Morgan fingerprint density at radius 2 is 1.88 bits per heavy atom. The van der Waals surface area contributed by atoms with Gasteiger partial charge in [-0.05, 0) is 42.5 Å². The molecule has 160 valence electrons. The second-order valence-electron chi connectivity index (χ2n) is 7.36. The molecule has 2 amide bonds. The number of carbonyl (C=O) groups is 3. The van der Waals surface area contributed by atoms with Crippen molar-refractivity contribution in [1.29, 1.82) is 0 Å². The molecule has 2 aliphatic rings. The lowest BCUT2D eigenvalue weighted by atomic mass is 9.75. The van der Waals surface area contributed by atoms with Gasteiger partial charge >= 0.3 is 0 Å². The third kappa shape index (κ3) is 2.94. The number of anilines is 1. The Balaban J connectivity index is 1.57. The summed E-state index contributed by atoms with van der Waals surface area (Å²) in [4.78, 5) is 43.4. The first-order valence-electron chi connectivity index (χ1n) is 9.77. The quantitative estimate of drug-likeness (QED) is 0.575. The van der Waals surface area contributed by atoms with E-state index < -0.39 is 29.1 Å². The molecule has 32 heavy (non-hydrogen) atoms. The van der Waals surface area contributed by atoms with Crippen molar-refractivity contribution < 1.29 is 28.4 Å². The highest BCUT2D eigenvalue weighted by Gasteiger charge is 2.63. The largest absolute Gasteiger partial charge is 0.484 e. The molecular weight excluding hydrogens is 414 g/mol. The van der Waals surface area contributed by atoms with Crippen LogP contribution in [0.25, 0.3) is 0 Å². The predicted octanol–water partition coefficient (Wildman–Crippen LogP) is 2.22. The van der Waals surface area contributed by atoms with Gasteiger partial charge in [-0.3, -0.25) is 14.4 Å². The number of amides is 2. The Hall–Kier alpha value is -4.40. The van der Waals surface area contributed by atoms with Gasteiger partial charge in [-0.2, -0.15) is 0 Å². The third-order valence-corrected chi connectivity index (χ3v) is 5.44. The first-order chi connectivity index (χ1) is 15.5. The molecule has 5 rings (SSSR count). The number of furan rings is 1. The minimum atomic E-state index is -1.66. The fourth-order valence-electron chi connectivity index (χ4n) is 4.02. The van der Waals surface area contributed by atoms with Crippen LogP contribution in [0.5, 0.6) is 5.75 Å². The Morgan fingerprint density at radius 1 is 1.09 bits per heavy atom. The molecule has 1 spiro atoms. The number of Topliss-reactive ketones (excluding diaryl/α,β-unsaturated/α-hetero) is 1. The molecule has 9 nitrogen and oxygen atoms in total. The van der Waals surface area contributed by atoms with Gasteiger partial charge in [-0.25, -0.2) is 0 Å². The van der Waals surface area contributed by atoms with E-state index in [-0.39, 0.29) is 18.1 Å². The first kappa shape index (κ1) is 19.6. The van der Waals surface area contributed by atoms with E-state index in [4.69, 9.17) is 19.7 Å². The minimum absolute atomic E-state index is 0.0890. The molecule has 1 aromatic heterocycles. The van der Waals surface area contributed by atoms with Crippen LogP contribution in [0.15, 0.2) is 76.5 Å². The summed E-state index contributed by atoms with van der Waals surface area (Å²) < 4.78 is 10.6. The highest BCUT2D eigenvalue weighted by atomic mass is 16.7. The third-order valence-electron chi connectivity index (χ3n) is 5.44. The van der Waals surface area contributed by atoms with Crippen LogP contribution in [0.1, 0.15) is 21.7 Å². The molecule has 2 aliphatic heterocycles. The maximum atomic E-state index is 13.5. The van der Waals surface area contributed by atoms with Gasteiger partial charge in [0.05, 0.1) is 6.26 Å². The van der Waals surface area contributed by atoms with Gasteiger partial charge in [0.2, 0.25) is 5.78 Å². The summed E-state index contributed by atoms with van der Waals surface area (Å²) >= 11 is 0. The molecule has 0 saturated heterocycles. The number of ether oxygens (including phenoxy) is 1. The molecule has 3 aromatic rings. The van der Waals surface area contributed by atoms with Gasteiger partial charge in [0.25, 0.3) is 17.4 Å². The number of benzene rings is 2. The smallest absolute Gasteiger partial charge is 0.277 e. The van der Waals surface area contributed by atoms with Crippen LogP contribution in [0.4, 0.5) is 5.69 Å². The van der Waals surface area contributed by atoms with Crippen LogP contribution in [-0.4, -0.2) is 29.9 Å². The average Bonchev–Trinajstić information content (AvgIpc) is 3.52. The number of hydrogen-bond acceptors (Lipinski definition) is 7. The van der Waals surface area contributed by atoms with Crippen LogP contribution in [-0.2, 0) is 20.0 Å². The van der Waals surface area contributed by atoms with Crippen molar-refractivity contribution in [2.75, 3.05) is 11.9 Å². The van der Waals surface area contributed by atoms with E-state index in [0.717, 1.165) is 0 Å². The number of primary amides is 1. The lowest BCUT2D eigenvalue weighted by molar-refractivity contribution is -0.140. The van der Waals surface area contributed by atoms with Crippen molar-refractivity contribution in [2.45, 2.75) is 5.60 Å². The minimum Gasteiger partial charge on any atom is -0.484 e. The summed E-state index contributed by atoms with van der Waals surface area (Å²) in [7, 11) is 0. The van der Waals surface area contributed by atoms with Gasteiger partial charge in [0.1, 0.15) is 17.4 Å². The van der Waals surface area contributed by atoms with Crippen LogP contribution >= 0.6 is 0 Å². The molecule has 2 unspecified atom stereocenters. The number of rotatable bonds is 6. The zero-order valence-corrected chi connectivity index (χ0v) is 16.6. The second kappa shape index (κ2) is 7.38. The molecule has 0 fully saturated rings. The highest BCUT2D eigenvalue weighted by molar-refractivity contribution is 6.24. The van der Waals surface area contributed by atoms with Crippen LogP contribution < -0.4 is 15.8 Å². The van der Waals surface area contributed by atoms with Crippen molar-refractivity contribution in [1.82, 2.24) is 0 Å². The van der Waals surface area contributed by atoms with Gasteiger partial charge in [0, 0.05) is 16.8 Å². The number of para-hydroxylation sites is 1. The van der Waals surface area contributed by atoms with Crippen LogP contribution in [0, 0.1) is 5.92 Å². The molecular formula is C23H17N3O6. The van der Waals surface area contributed by atoms with E-state index in [2.05, 4.69) is 10.5 Å². The summed E-state index contributed by atoms with van der Waals surface area (Å²) in [6.45, 7) is -0.261. The van der Waals surface area contributed by atoms with E-state index in [1.54, 1.807) is 54.6 Å². The van der Waals surface area contributed by atoms with Crippen molar-refractivity contribution in [3.63, 3.8) is 0 Å². The second-order valence-corrected chi connectivity index (χ2v) is 7.36. The summed E-state index contributed by atoms with van der Waals surface area (Å²) in [6, 6.07) is 16.7. The normalized spacial score (nSPS) is 20.9. The standard InChI is InChI=1S/C23H17N3O6/c24-18(27)12-31-14-9-7-13(8-10-14)20-19(21(28)17-6-3-11-30-17)23(32-26-20)15-4-1-2-5-16(15)25-22(23)29/h1-11,19H,12H2,(H2,24,27)(H,25,29). The van der Waals surface area contributed by atoms with Crippen molar-refractivity contribution >= 4 is 29.0 Å². The molecule has 3 heterocycles. The Bertz CT molecular complexity index is 1250. The van der Waals surface area contributed by atoms with Crippen molar-refractivity contribution in [3.05, 3.63) is 83.8 Å². The monoisotopic (exact) mass is 431 g/mol. The summed E-state index contributed by atoms with van der Waals surface area (Å²) in [5, 5.41) is 6.97. The first-order valence-corrected chi connectivity index (χ1v) is 9.77. The fourth-order valence-corrected chi connectivity index (χ4v) is 4.02. The van der Waals surface area contributed by atoms with E-state index >= 15 is 0 Å². The van der Waals surface area contributed by atoms with Gasteiger partial charge in [-0.15, -0.1) is 0 Å². The molecule has 3 N–H and O–H groups in total. The molecule has 2 atom stereocenters. The zero-order valence-electron chi connectivity index (χ0n) is 16.6. The Morgan fingerprint density at radius 3 is 2.59 bits per heavy atom.